The van der Waals surface area contributed by atoms with Crippen molar-refractivity contribution in [2.45, 2.75) is 57.9 Å². The van der Waals surface area contributed by atoms with E-state index < -0.39 is 0 Å². The number of aromatic nitrogens is 1. The molecule has 3 aromatic rings. The predicted molar refractivity (Wildman–Crippen MR) is 159 cm³/mol. The number of allylic oxidation sites excluding steroid dienone is 1. The SMILES string of the molecule is CC1N=CCC=C1c1[nH]c2ccc(C(=O)NCCCCCC3CCOCC3)cc2c1-c1ccc(Cl)c(Cl)c1. The predicted octanol–water partition coefficient (Wildman–Crippen LogP) is 8.10. The molecule has 2 aliphatic heterocycles. The van der Waals surface area contributed by atoms with Crippen LogP contribution in [0.3, 0.4) is 0 Å². The standard InChI is InChI=1S/C31H35Cl2N3O2/c1-20-24(7-5-15-34-20)30-29(22-8-10-26(32)27(33)19-22)25-18-23(9-11-28(25)36-30)31(37)35-14-4-2-3-6-21-12-16-38-17-13-21/h7-11,15,18-21,36H,2-6,12-14,16-17H2,1H3,(H,35,37). The smallest absolute Gasteiger partial charge is 0.251 e. The normalized spacial score (nSPS) is 18.1. The molecule has 0 spiro atoms. The van der Waals surface area contributed by atoms with Crippen LogP contribution < -0.4 is 5.32 Å². The third kappa shape index (κ3) is 6.17. The van der Waals surface area contributed by atoms with E-state index in [1.54, 1.807) is 0 Å². The summed E-state index contributed by atoms with van der Waals surface area (Å²) in [6.07, 6.45) is 11.9. The van der Waals surface area contributed by atoms with Gasteiger partial charge in [-0.3, -0.25) is 9.79 Å². The first-order valence-corrected chi connectivity index (χ1v) is 14.5. The maximum Gasteiger partial charge on any atom is 0.251 e. The Bertz CT molecular complexity index is 1350. The van der Waals surface area contributed by atoms with E-state index in [-0.39, 0.29) is 11.9 Å². The van der Waals surface area contributed by atoms with Crippen molar-refractivity contribution in [1.82, 2.24) is 10.3 Å². The number of H-pyrrole nitrogens is 1. The fourth-order valence-electron chi connectivity index (χ4n) is 5.54. The summed E-state index contributed by atoms with van der Waals surface area (Å²) in [6, 6.07) is 11.6. The Kier molecular flexibility index (Phi) is 8.88. The van der Waals surface area contributed by atoms with Crippen molar-refractivity contribution in [2.24, 2.45) is 10.9 Å². The van der Waals surface area contributed by atoms with E-state index >= 15 is 0 Å². The van der Waals surface area contributed by atoms with Gasteiger partial charge in [0.1, 0.15) is 0 Å². The number of ether oxygens (including phenoxy) is 1. The van der Waals surface area contributed by atoms with Crippen LogP contribution >= 0.6 is 23.2 Å². The van der Waals surface area contributed by atoms with E-state index in [2.05, 4.69) is 28.3 Å². The molecule has 1 atom stereocenters. The van der Waals surface area contributed by atoms with Crippen molar-refractivity contribution in [3.8, 4) is 11.1 Å². The van der Waals surface area contributed by atoms with Gasteiger partial charge < -0.3 is 15.0 Å². The number of amides is 1. The van der Waals surface area contributed by atoms with Crippen LogP contribution in [-0.4, -0.2) is 42.9 Å². The van der Waals surface area contributed by atoms with Gasteiger partial charge in [0.2, 0.25) is 0 Å². The first kappa shape index (κ1) is 27.0. The van der Waals surface area contributed by atoms with E-state index in [9.17, 15) is 4.79 Å². The van der Waals surface area contributed by atoms with Crippen molar-refractivity contribution in [3.05, 3.63) is 63.8 Å². The number of nitrogens with one attached hydrogen (secondary N) is 2. The van der Waals surface area contributed by atoms with Crippen LogP contribution in [0.1, 0.15) is 67.9 Å². The number of aromatic amines is 1. The third-order valence-electron chi connectivity index (χ3n) is 7.70. The molecular weight excluding hydrogens is 517 g/mol. The fourth-order valence-corrected chi connectivity index (χ4v) is 5.83. The molecule has 0 radical (unpaired) electrons. The lowest BCUT2D eigenvalue weighted by atomic mass is 9.93. The van der Waals surface area contributed by atoms with E-state index in [0.29, 0.717) is 22.2 Å². The molecule has 1 saturated heterocycles. The molecule has 1 unspecified atom stereocenters. The molecule has 0 saturated carbocycles. The van der Waals surface area contributed by atoms with E-state index in [4.69, 9.17) is 27.9 Å². The van der Waals surface area contributed by atoms with E-state index in [0.717, 1.165) is 71.7 Å². The number of aliphatic imine (C=N–C) groups is 1. The highest BCUT2D eigenvalue weighted by molar-refractivity contribution is 6.42. The van der Waals surface area contributed by atoms with Crippen LogP contribution in [0, 0.1) is 5.92 Å². The van der Waals surface area contributed by atoms with Gasteiger partial charge in [-0.1, -0.05) is 54.6 Å². The molecule has 2 N–H and O–H groups in total. The van der Waals surface area contributed by atoms with Crippen LogP contribution in [0.4, 0.5) is 0 Å². The molecule has 0 bridgehead atoms. The second kappa shape index (κ2) is 12.5. The van der Waals surface area contributed by atoms with Gasteiger partial charge in [-0.05, 0) is 73.6 Å². The first-order chi connectivity index (χ1) is 18.5. The number of halogens is 2. The monoisotopic (exact) mass is 551 g/mol. The Morgan fingerprint density at radius 3 is 2.71 bits per heavy atom. The Balaban J connectivity index is 1.33. The summed E-state index contributed by atoms with van der Waals surface area (Å²) in [6.45, 7) is 4.59. The summed E-state index contributed by atoms with van der Waals surface area (Å²) >= 11 is 12.6. The van der Waals surface area contributed by atoms with Gasteiger partial charge in [0, 0.05) is 54.4 Å². The van der Waals surface area contributed by atoms with Gasteiger partial charge in [-0.2, -0.15) is 0 Å². The summed E-state index contributed by atoms with van der Waals surface area (Å²) in [5.41, 5.74) is 5.71. The molecule has 1 aromatic heterocycles. The molecule has 2 aliphatic rings. The second-order valence-corrected chi connectivity index (χ2v) is 11.1. The molecular formula is C31H35Cl2N3O2. The highest BCUT2D eigenvalue weighted by Crippen LogP contribution is 2.40. The van der Waals surface area contributed by atoms with E-state index in [1.165, 1.54) is 25.7 Å². The molecule has 0 aliphatic carbocycles. The molecule has 1 amide bonds. The van der Waals surface area contributed by atoms with Crippen LogP contribution in [0.25, 0.3) is 27.6 Å². The lowest BCUT2D eigenvalue weighted by Gasteiger charge is -2.21. The Morgan fingerprint density at radius 2 is 1.92 bits per heavy atom. The van der Waals surface area contributed by atoms with Gasteiger partial charge in [0.25, 0.3) is 5.91 Å². The summed E-state index contributed by atoms with van der Waals surface area (Å²) in [7, 11) is 0. The largest absolute Gasteiger partial charge is 0.381 e. The minimum absolute atomic E-state index is 0.0348. The van der Waals surface area contributed by atoms with Gasteiger partial charge in [-0.15, -0.1) is 0 Å². The van der Waals surface area contributed by atoms with Gasteiger partial charge >= 0.3 is 0 Å². The highest BCUT2D eigenvalue weighted by Gasteiger charge is 2.22. The van der Waals surface area contributed by atoms with Gasteiger partial charge in [-0.25, -0.2) is 0 Å². The lowest BCUT2D eigenvalue weighted by Crippen LogP contribution is -2.24. The summed E-state index contributed by atoms with van der Waals surface area (Å²) in [5.74, 6) is 0.759. The van der Waals surface area contributed by atoms with Gasteiger partial charge in [0.15, 0.2) is 0 Å². The molecule has 200 valence electrons. The molecule has 5 nitrogen and oxygen atoms in total. The number of dihydropyridines is 1. The summed E-state index contributed by atoms with van der Waals surface area (Å²) in [5, 5.41) is 5.11. The summed E-state index contributed by atoms with van der Waals surface area (Å²) in [4.78, 5) is 21.3. The zero-order valence-corrected chi connectivity index (χ0v) is 23.4. The molecule has 38 heavy (non-hydrogen) atoms. The number of rotatable bonds is 9. The average molecular weight is 553 g/mol. The fraction of sp³-hybridized carbons (Fsp3) is 0.419. The number of fused-ring (bicyclic) bond motifs is 1. The maximum atomic E-state index is 13.1. The number of carbonyl (C=O) groups is 1. The first-order valence-electron chi connectivity index (χ1n) is 13.7. The minimum atomic E-state index is -0.0472. The van der Waals surface area contributed by atoms with Crippen molar-refractivity contribution in [2.75, 3.05) is 19.8 Å². The van der Waals surface area contributed by atoms with Crippen LogP contribution in [0.15, 0.2) is 47.5 Å². The molecule has 1 fully saturated rings. The Hall–Kier alpha value is -2.60. The maximum absolute atomic E-state index is 13.1. The number of carbonyl (C=O) groups excluding carboxylic acids is 1. The van der Waals surface area contributed by atoms with E-state index in [1.807, 2.05) is 42.6 Å². The molecule has 7 heteroatoms. The summed E-state index contributed by atoms with van der Waals surface area (Å²) < 4.78 is 5.45. The third-order valence-corrected chi connectivity index (χ3v) is 8.43. The van der Waals surface area contributed by atoms with Crippen LogP contribution in [0.2, 0.25) is 10.0 Å². The lowest BCUT2D eigenvalue weighted by molar-refractivity contribution is 0.0631. The minimum Gasteiger partial charge on any atom is -0.381 e. The number of hydrogen-bond donors (Lipinski definition) is 2. The quantitative estimate of drug-likeness (QED) is 0.264. The second-order valence-electron chi connectivity index (χ2n) is 10.3. The topological polar surface area (TPSA) is 66.5 Å². The van der Waals surface area contributed by atoms with Crippen LogP contribution in [0.5, 0.6) is 0 Å². The Labute approximate surface area is 234 Å². The number of hydrogen-bond acceptors (Lipinski definition) is 3. The van der Waals surface area contributed by atoms with Crippen molar-refractivity contribution >= 4 is 51.8 Å². The zero-order valence-electron chi connectivity index (χ0n) is 21.9. The average Bonchev–Trinajstić information content (AvgIpc) is 3.31. The van der Waals surface area contributed by atoms with Gasteiger partial charge in [0.05, 0.1) is 21.8 Å². The zero-order chi connectivity index (χ0) is 26.5. The number of benzene rings is 2. The molecule has 2 aromatic carbocycles. The Morgan fingerprint density at radius 1 is 1.08 bits per heavy atom. The number of unbranched alkanes of at least 4 members (excludes halogenated alkanes) is 2. The van der Waals surface area contributed by atoms with Crippen LogP contribution in [-0.2, 0) is 4.74 Å². The highest BCUT2D eigenvalue weighted by atomic mass is 35.5. The molecule has 5 rings (SSSR count). The molecule has 3 heterocycles. The van der Waals surface area contributed by atoms with Crippen molar-refractivity contribution < 1.29 is 9.53 Å². The number of nitrogens with zero attached hydrogens (tertiary/aromatic N) is 1. The van der Waals surface area contributed by atoms with Crippen molar-refractivity contribution in [1.29, 1.82) is 0 Å². The van der Waals surface area contributed by atoms with Crippen molar-refractivity contribution in [3.63, 3.8) is 0 Å².